The zero-order valence-electron chi connectivity index (χ0n) is 8.64. The molecule has 1 aromatic rings. The van der Waals surface area contributed by atoms with Gasteiger partial charge >= 0.3 is 5.69 Å². The third-order valence-corrected chi connectivity index (χ3v) is 2.04. The Balaban J connectivity index is 2.84. The average molecular weight is 247 g/mol. The Bertz CT molecular complexity index is 414. The van der Waals surface area contributed by atoms with Crippen molar-refractivity contribution in [2.75, 3.05) is 17.6 Å². The number of nitro benzene ring substituents is 1. The van der Waals surface area contributed by atoms with Crippen LogP contribution in [0.2, 0.25) is 0 Å². The normalized spacial score (nSPS) is 12.5. The highest BCUT2D eigenvalue weighted by atomic mass is 19.3. The fraction of sp³-hybridized carbons (Fsp3) is 0.333. The number of hydrogen-bond donors (Lipinski definition) is 3. The summed E-state index contributed by atoms with van der Waals surface area (Å²) >= 11 is 0. The zero-order chi connectivity index (χ0) is 13.0. The molecular weight excluding hydrogens is 236 g/mol. The second kappa shape index (κ2) is 5.39. The average Bonchev–Trinajstić information content (AvgIpc) is 2.24. The number of para-hydroxylation sites is 1. The molecule has 17 heavy (non-hydrogen) atoms. The van der Waals surface area contributed by atoms with Crippen LogP contribution in [-0.2, 0) is 0 Å². The minimum Gasteiger partial charge on any atom is -0.393 e. The van der Waals surface area contributed by atoms with Gasteiger partial charge in [-0.3, -0.25) is 10.1 Å². The van der Waals surface area contributed by atoms with Crippen LogP contribution in [0.15, 0.2) is 18.2 Å². The summed E-state index contributed by atoms with van der Waals surface area (Å²) in [5, 5.41) is 21.9. The Labute approximate surface area is 95.2 Å². The van der Waals surface area contributed by atoms with Crippen molar-refractivity contribution in [1.82, 2.24) is 0 Å². The number of hydrogen-bond acceptors (Lipinski definition) is 5. The van der Waals surface area contributed by atoms with Crippen LogP contribution in [0.5, 0.6) is 0 Å². The van der Waals surface area contributed by atoms with Crippen molar-refractivity contribution in [2.24, 2.45) is 0 Å². The highest BCUT2D eigenvalue weighted by Crippen LogP contribution is 2.30. The Morgan fingerprint density at radius 2 is 2.18 bits per heavy atom. The number of nitro groups is 1. The first-order chi connectivity index (χ1) is 7.93. The van der Waals surface area contributed by atoms with E-state index in [0.29, 0.717) is 0 Å². The topological polar surface area (TPSA) is 101 Å². The number of aliphatic hydroxyl groups is 1. The van der Waals surface area contributed by atoms with Gasteiger partial charge in [-0.15, -0.1) is 0 Å². The number of aliphatic hydroxyl groups excluding tert-OH is 1. The number of nitrogens with zero attached hydrogens (tertiary/aromatic N) is 1. The second-order valence-corrected chi connectivity index (χ2v) is 3.28. The van der Waals surface area contributed by atoms with Crippen LogP contribution in [0.25, 0.3) is 0 Å². The zero-order valence-corrected chi connectivity index (χ0v) is 8.64. The van der Waals surface area contributed by atoms with Gasteiger partial charge in [0.25, 0.3) is 6.43 Å². The van der Waals surface area contributed by atoms with Crippen molar-refractivity contribution >= 4 is 17.1 Å². The molecule has 0 aromatic heterocycles. The Hall–Kier alpha value is -1.96. The van der Waals surface area contributed by atoms with Gasteiger partial charge in [0.1, 0.15) is 17.5 Å². The summed E-state index contributed by atoms with van der Waals surface area (Å²) in [5.74, 6) is 0. The van der Waals surface area contributed by atoms with E-state index >= 15 is 0 Å². The van der Waals surface area contributed by atoms with Crippen LogP contribution in [-0.4, -0.2) is 29.1 Å². The van der Waals surface area contributed by atoms with Gasteiger partial charge < -0.3 is 16.2 Å². The largest absolute Gasteiger partial charge is 0.393 e. The molecule has 8 heteroatoms. The van der Waals surface area contributed by atoms with Crippen molar-refractivity contribution in [1.29, 1.82) is 0 Å². The number of halogens is 2. The SMILES string of the molecule is Nc1cccc(NCC(O)C(F)F)c1[N+](=O)[O-]. The van der Waals surface area contributed by atoms with E-state index in [9.17, 15) is 18.9 Å². The number of benzene rings is 1. The molecule has 0 saturated heterocycles. The molecule has 1 atom stereocenters. The summed E-state index contributed by atoms with van der Waals surface area (Å²) in [4.78, 5) is 9.98. The van der Waals surface area contributed by atoms with Crippen LogP contribution >= 0.6 is 0 Å². The van der Waals surface area contributed by atoms with Gasteiger partial charge in [-0.25, -0.2) is 8.78 Å². The van der Waals surface area contributed by atoms with Crippen molar-refractivity contribution in [3.05, 3.63) is 28.3 Å². The second-order valence-electron chi connectivity index (χ2n) is 3.28. The minimum absolute atomic E-state index is 0.00491. The van der Waals surface area contributed by atoms with Crippen LogP contribution < -0.4 is 11.1 Å². The number of rotatable bonds is 5. The quantitative estimate of drug-likeness (QED) is 0.412. The molecule has 1 aromatic carbocycles. The van der Waals surface area contributed by atoms with Gasteiger partial charge in [0.05, 0.1) is 4.92 Å². The van der Waals surface area contributed by atoms with E-state index in [2.05, 4.69) is 5.32 Å². The van der Waals surface area contributed by atoms with Crippen LogP contribution in [0.4, 0.5) is 25.8 Å². The fourth-order valence-corrected chi connectivity index (χ4v) is 1.21. The molecule has 0 bridgehead atoms. The number of alkyl halides is 2. The molecule has 0 aliphatic rings. The molecule has 94 valence electrons. The predicted molar refractivity (Wildman–Crippen MR) is 58.0 cm³/mol. The minimum atomic E-state index is -2.91. The lowest BCUT2D eigenvalue weighted by Crippen LogP contribution is -2.27. The summed E-state index contributed by atoms with van der Waals surface area (Å²) in [6, 6.07) is 4.10. The molecule has 0 aliphatic heterocycles. The number of nitrogens with two attached hydrogens (primary N) is 1. The monoisotopic (exact) mass is 247 g/mol. The molecule has 4 N–H and O–H groups in total. The predicted octanol–water partition coefficient (Wildman–Crippen LogP) is 1.21. The van der Waals surface area contributed by atoms with E-state index in [1.165, 1.54) is 18.2 Å². The van der Waals surface area contributed by atoms with Crippen LogP contribution in [0.3, 0.4) is 0 Å². The van der Waals surface area contributed by atoms with Gasteiger partial charge in [0, 0.05) is 6.54 Å². The van der Waals surface area contributed by atoms with Crippen molar-refractivity contribution in [2.45, 2.75) is 12.5 Å². The first kappa shape index (κ1) is 13.1. The molecule has 0 radical (unpaired) electrons. The van der Waals surface area contributed by atoms with E-state index in [0.717, 1.165) is 0 Å². The maximum absolute atomic E-state index is 12.0. The fourth-order valence-electron chi connectivity index (χ4n) is 1.21. The van der Waals surface area contributed by atoms with Gasteiger partial charge in [0.2, 0.25) is 0 Å². The molecule has 0 fully saturated rings. The lowest BCUT2D eigenvalue weighted by atomic mass is 10.2. The summed E-state index contributed by atoms with van der Waals surface area (Å²) in [5.41, 5.74) is 4.92. The van der Waals surface area contributed by atoms with Crippen LogP contribution in [0, 0.1) is 10.1 Å². The van der Waals surface area contributed by atoms with Gasteiger partial charge in [-0.2, -0.15) is 0 Å². The highest BCUT2D eigenvalue weighted by molar-refractivity contribution is 5.74. The lowest BCUT2D eigenvalue weighted by molar-refractivity contribution is -0.383. The Morgan fingerprint density at radius 3 is 2.71 bits per heavy atom. The first-order valence-corrected chi connectivity index (χ1v) is 4.66. The lowest BCUT2D eigenvalue weighted by Gasteiger charge is -2.12. The molecule has 0 saturated carbocycles. The van der Waals surface area contributed by atoms with Crippen molar-refractivity contribution in [3.63, 3.8) is 0 Å². The maximum atomic E-state index is 12.0. The van der Waals surface area contributed by atoms with Gasteiger partial charge in [-0.1, -0.05) is 6.07 Å². The summed E-state index contributed by atoms with van der Waals surface area (Å²) in [6.07, 6.45) is -4.81. The number of anilines is 2. The standard InChI is InChI=1S/C9H11F2N3O3/c10-9(11)7(15)4-13-6-3-1-2-5(12)8(6)14(16)17/h1-3,7,9,13,15H,4,12H2. The molecule has 0 amide bonds. The Morgan fingerprint density at radius 1 is 1.53 bits per heavy atom. The Kier molecular flexibility index (Phi) is 4.16. The van der Waals surface area contributed by atoms with Crippen LogP contribution in [0.1, 0.15) is 0 Å². The summed E-state index contributed by atoms with van der Waals surface area (Å²) in [6.45, 7) is -0.498. The molecule has 6 nitrogen and oxygen atoms in total. The first-order valence-electron chi connectivity index (χ1n) is 4.66. The summed E-state index contributed by atoms with van der Waals surface area (Å²) < 4.78 is 24.0. The molecule has 1 unspecified atom stereocenters. The highest BCUT2D eigenvalue weighted by Gasteiger charge is 2.21. The van der Waals surface area contributed by atoms with E-state index in [-0.39, 0.29) is 11.4 Å². The number of nitrogen functional groups attached to an aromatic ring is 1. The molecular formula is C9H11F2N3O3. The molecule has 0 heterocycles. The molecule has 0 spiro atoms. The molecule has 1 rings (SSSR count). The van der Waals surface area contributed by atoms with Crippen molar-refractivity contribution in [3.8, 4) is 0 Å². The van der Waals surface area contributed by atoms with Crippen molar-refractivity contribution < 1.29 is 18.8 Å². The third-order valence-electron chi connectivity index (χ3n) is 2.04. The van der Waals surface area contributed by atoms with E-state index in [4.69, 9.17) is 10.8 Å². The van der Waals surface area contributed by atoms with Gasteiger partial charge in [-0.05, 0) is 12.1 Å². The van der Waals surface area contributed by atoms with E-state index in [1.54, 1.807) is 0 Å². The van der Waals surface area contributed by atoms with E-state index < -0.39 is 29.7 Å². The smallest absolute Gasteiger partial charge is 0.314 e. The maximum Gasteiger partial charge on any atom is 0.314 e. The number of nitrogens with one attached hydrogen (secondary N) is 1. The third kappa shape index (κ3) is 3.25. The van der Waals surface area contributed by atoms with Gasteiger partial charge in [0.15, 0.2) is 0 Å². The summed E-state index contributed by atoms with van der Waals surface area (Å²) in [7, 11) is 0. The van der Waals surface area contributed by atoms with E-state index in [1.807, 2.05) is 0 Å². The molecule has 0 aliphatic carbocycles.